The summed E-state index contributed by atoms with van der Waals surface area (Å²) in [7, 11) is 0. The number of nitrogens with zero attached hydrogens (tertiary/aromatic N) is 1. The zero-order valence-electron chi connectivity index (χ0n) is 10.0. The molecule has 0 saturated carbocycles. The number of piperidine rings is 1. The number of hydrogen-bond acceptors (Lipinski definition) is 4. The largest absolute Gasteiger partial charge is 0.310 e. The minimum Gasteiger partial charge on any atom is -0.310 e. The Kier molecular flexibility index (Phi) is 3.50. The minimum atomic E-state index is -0.140. The third-order valence-electron chi connectivity index (χ3n) is 3.32. The Hall–Kier alpha value is -1.10. The van der Waals surface area contributed by atoms with E-state index < -0.39 is 0 Å². The number of hydrogen-bond donors (Lipinski definition) is 2. The highest BCUT2D eigenvalue weighted by atomic mass is 35.5. The fourth-order valence-corrected chi connectivity index (χ4v) is 2.55. The molecule has 2 aliphatic rings. The molecule has 2 unspecified atom stereocenters. The predicted molar refractivity (Wildman–Crippen MR) is 71.6 cm³/mol. The lowest BCUT2D eigenvalue weighted by molar-refractivity contribution is 0.00851. The molecule has 18 heavy (non-hydrogen) atoms. The molecule has 0 spiro atoms. The van der Waals surface area contributed by atoms with E-state index >= 15 is 0 Å². The van der Waals surface area contributed by atoms with Crippen LogP contribution in [0, 0.1) is 0 Å². The lowest BCUT2D eigenvalue weighted by atomic mass is 10.0. The van der Waals surface area contributed by atoms with Gasteiger partial charge in [-0.1, -0.05) is 30.2 Å². The van der Waals surface area contributed by atoms with E-state index in [1.807, 2.05) is 24.3 Å². The lowest BCUT2D eigenvalue weighted by Gasteiger charge is -2.25. The summed E-state index contributed by atoms with van der Waals surface area (Å²) in [6, 6.07) is 7.92. The number of hydroxylamine groups is 1. The van der Waals surface area contributed by atoms with E-state index in [2.05, 4.69) is 15.8 Å². The van der Waals surface area contributed by atoms with Gasteiger partial charge in [0, 0.05) is 10.6 Å². The summed E-state index contributed by atoms with van der Waals surface area (Å²) in [5.41, 5.74) is 3.86. The van der Waals surface area contributed by atoms with Gasteiger partial charge in [0.15, 0.2) is 12.1 Å². The van der Waals surface area contributed by atoms with Crippen LogP contribution in [0.3, 0.4) is 0 Å². The first-order valence-electron chi connectivity index (χ1n) is 6.32. The van der Waals surface area contributed by atoms with Gasteiger partial charge in [-0.15, -0.1) is 0 Å². The molecule has 5 heteroatoms. The van der Waals surface area contributed by atoms with Crippen LogP contribution >= 0.6 is 11.6 Å². The van der Waals surface area contributed by atoms with Crippen LogP contribution in [-0.2, 0) is 4.84 Å². The van der Waals surface area contributed by atoms with Crippen molar-refractivity contribution in [1.29, 1.82) is 0 Å². The molecule has 96 valence electrons. The third-order valence-corrected chi connectivity index (χ3v) is 3.56. The van der Waals surface area contributed by atoms with Crippen LogP contribution < -0.4 is 10.8 Å². The van der Waals surface area contributed by atoms with Gasteiger partial charge in [0.2, 0.25) is 0 Å². The zero-order valence-corrected chi connectivity index (χ0v) is 10.8. The first kappa shape index (κ1) is 12.0. The topological polar surface area (TPSA) is 45.7 Å². The normalized spacial score (nSPS) is 27.7. The fraction of sp³-hybridized carbons (Fsp3) is 0.462. The van der Waals surface area contributed by atoms with Crippen LogP contribution in [-0.4, -0.2) is 24.7 Å². The SMILES string of the molecule is Clc1cccc(C2=NC(C3CCCCN3)ON2)c1. The Labute approximate surface area is 111 Å². The highest BCUT2D eigenvalue weighted by Gasteiger charge is 2.28. The molecular weight excluding hydrogens is 250 g/mol. The van der Waals surface area contributed by atoms with Crippen molar-refractivity contribution in [3.8, 4) is 0 Å². The van der Waals surface area contributed by atoms with Crippen LogP contribution in [0.2, 0.25) is 5.02 Å². The summed E-state index contributed by atoms with van der Waals surface area (Å²) in [4.78, 5) is 10.1. The van der Waals surface area contributed by atoms with E-state index in [9.17, 15) is 0 Å². The molecule has 0 aliphatic carbocycles. The van der Waals surface area contributed by atoms with Crippen LogP contribution in [0.1, 0.15) is 24.8 Å². The van der Waals surface area contributed by atoms with Crippen molar-refractivity contribution in [2.24, 2.45) is 4.99 Å². The average Bonchev–Trinajstić information content (AvgIpc) is 2.89. The van der Waals surface area contributed by atoms with Crippen molar-refractivity contribution in [2.75, 3.05) is 6.54 Å². The van der Waals surface area contributed by atoms with Gasteiger partial charge in [0.05, 0.1) is 6.04 Å². The molecule has 1 aromatic rings. The molecule has 1 aromatic carbocycles. The van der Waals surface area contributed by atoms with E-state index in [0.29, 0.717) is 11.1 Å². The van der Waals surface area contributed by atoms with Crippen molar-refractivity contribution >= 4 is 17.4 Å². The zero-order chi connectivity index (χ0) is 12.4. The Morgan fingerprint density at radius 3 is 3.06 bits per heavy atom. The maximum absolute atomic E-state index is 5.97. The van der Waals surface area contributed by atoms with Crippen LogP contribution in [0.5, 0.6) is 0 Å². The number of halogens is 1. The highest BCUT2D eigenvalue weighted by Crippen LogP contribution is 2.19. The standard InChI is InChI=1S/C13H16ClN3O/c14-10-5-3-4-9(8-10)12-16-13(18-17-12)11-6-1-2-7-15-11/h3-5,8,11,13,15H,1-2,6-7H2,(H,16,17). The molecule has 2 N–H and O–H groups in total. The van der Waals surface area contributed by atoms with Gasteiger partial charge in [0.25, 0.3) is 0 Å². The second-order valence-corrected chi connectivity index (χ2v) is 5.09. The fourth-order valence-electron chi connectivity index (χ4n) is 2.36. The van der Waals surface area contributed by atoms with E-state index in [1.54, 1.807) is 0 Å². The van der Waals surface area contributed by atoms with Crippen molar-refractivity contribution in [3.63, 3.8) is 0 Å². The predicted octanol–water partition coefficient (Wildman–Crippen LogP) is 2.09. The summed E-state index contributed by atoms with van der Waals surface area (Å²) >= 11 is 5.97. The molecular formula is C13H16ClN3O. The molecule has 1 fully saturated rings. The van der Waals surface area contributed by atoms with Gasteiger partial charge >= 0.3 is 0 Å². The Balaban J connectivity index is 1.74. The molecule has 0 amide bonds. The van der Waals surface area contributed by atoms with Gasteiger partial charge in [-0.2, -0.15) is 0 Å². The number of benzene rings is 1. The number of amidine groups is 1. The molecule has 0 aromatic heterocycles. The second-order valence-electron chi connectivity index (χ2n) is 4.65. The average molecular weight is 266 g/mol. The van der Waals surface area contributed by atoms with Crippen molar-refractivity contribution in [1.82, 2.24) is 10.8 Å². The van der Waals surface area contributed by atoms with Crippen molar-refractivity contribution in [2.45, 2.75) is 31.5 Å². The molecule has 4 nitrogen and oxygen atoms in total. The smallest absolute Gasteiger partial charge is 0.192 e. The summed E-state index contributed by atoms with van der Waals surface area (Å²) < 4.78 is 0. The molecule has 0 bridgehead atoms. The maximum atomic E-state index is 5.97. The number of aliphatic imine (C=N–C) groups is 1. The summed E-state index contributed by atoms with van der Waals surface area (Å²) in [5, 5.41) is 4.15. The summed E-state index contributed by atoms with van der Waals surface area (Å²) in [6.07, 6.45) is 3.44. The molecule has 1 saturated heterocycles. The van der Waals surface area contributed by atoms with Gasteiger partial charge in [-0.3, -0.25) is 0 Å². The molecule has 3 rings (SSSR count). The van der Waals surface area contributed by atoms with Crippen molar-refractivity contribution < 1.29 is 4.84 Å². The lowest BCUT2D eigenvalue weighted by Crippen LogP contribution is -2.43. The monoisotopic (exact) mass is 265 g/mol. The van der Waals surface area contributed by atoms with Gasteiger partial charge in [-0.25, -0.2) is 15.3 Å². The van der Waals surface area contributed by atoms with E-state index in [0.717, 1.165) is 24.4 Å². The van der Waals surface area contributed by atoms with Gasteiger partial charge in [-0.05, 0) is 31.5 Å². The Bertz CT molecular complexity index is 457. The molecule has 2 heterocycles. The van der Waals surface area contributed by atoms with Crippen LogP contribution in [0.15, 0.2) is 29.3 Å². The first-order valence-corrected chi connectivity index (χ1v) is 6.69. The molecule has 2 aliphatic heterocycles. The van der Waals surface area contributed by atoms with E-state index in [1.165, 1.54) is 12.8 Å². The maximum Gasteiger partial charge on any atom is 0.192 e. The second kappa shape index (κ2) is 5.26. The highest BCUT2D eigenvalue weighted by molar-refractivity contribution is 6.31. The number of rotatable bonds is 2. The minimum absolute atomic E-state index is 0.140. The van der Waals surface area contributed by atoms with Gasteiger partial charge in [0.1, 0.15) is 0 Å². The summed E-state index contributed by atoms with van der Waals surface area (Å²) in [5.74, 6) is 0.759. The number of nitrogens with one attached hydrogen (secondary N) is 2. The van der Waals surface area contributed by atoms with Crippen LogP contribution in [0.4, 0.5) is 0 Å². The van der Waals surface area contributed by atoms with Gasteiger partial charge < -0.3 is 5.32 Å². The molecule has 2 atom stereocenters. The first-order chi connectivity index (χ1) is 8.83. The van der Waals surface area contributed by atoms with Crippen molar-refractivity contribution in [3.05, 3.63) is 34.9 Å². The summed E-state index contributed by atoms with van der Waals surface area (Å²) in [6.45, 7) is 1.05. The van der Waals surface area contributed by atoms with E-state index in [-0.39, 0.29) is 6.23 Å². The third kappa shape index (κ3) is 2.51. The quantitative estimate of drug-likeness (QED) is 0.861. The Morgan fingerprint density at radius 1 is 1.33 bits per heavy atom. The van der Waals surface area contributed by atoms with Crippen LogP contribution in [0.25, 0.3) is 0 Å². The Morgan fingerprint density at radius 2 is 2.28 bits per heavy atom. The van der Waals surface area contributed by atoms with E-state index in [4.69, 9.17) is 16.4 Å². The molecule has 0 radical (unpaired) electrons.